The summed E-state index contributed by atoms with van der Waals surface area (Å²) in [7, 11) is 0. The number of oxazole rings is 1. The van der Waals surface area contributed by atoms with E-state index in [1.54, 1.807) is 0 Å². The van der Waals surface area contributed by atoms with Crippen molar-refractivity contribution in [1.29, 1.82) is 0 Å². The molecular weight excluding hydrogens is 291 g/mol. The van der Waals surface area contributed by atoms with Crippen LogP contribution in [0.2, 0.25) is 0 Å². The summed E-state index contributed by atoms with van der Waals surface area (Å²) in [5.74, 6) is -5.94. The second kappa shape index (κ2) is 5.00. The number of carbonyl (C=O) groups is 2. The van der Waals surface area contributed by atoms with E-state index in [0.717, 1.165) is 12.1 Å². The van der Waals surface area contributed by atoms with Crippen molar-refractivity contribution in [2.75, 3.05) is 0 Å². The molecule has 2 aromatic rings. The first kappa shape index (κ1) is 14.1. The lowest BCUT2D eigenvalue weighted by Gasteiger charge is -1.98. The Balaban J connectivity index is 2.70. The molecule has 10 heteroatoms. The number of aromatic nitrogens is 1. The molecule has 108 valence electrons. The Morgan fingerprint density at radius 3 is 2.43 bits per heavy atom. The van der Waals surface area contributed by atoms with E-state index in [9.17, 15) is 24.1 Å². The molecule has 0 saturated carbocycles. The van der Waals surface area contributed by atoms with Gasteiger partial charge in [0, 0.05) is 6.07 Å². The fraction of sp³-hybridized carbons (Fsp3) is 0. The van der Waals surface area contributed by atoms with E-state index in [1.807, 2.05) is 0 Å². The molecule has 0 aliphatic heterocycles. The highest BCUT2D eigenvalue weighted by Gasteiger charge is 2.28. The Kier molecular flexibility index (Phi) is 3.36. The van der Waals surface area contributed by atoms with Gasteiger partial charge in [0.15, 0.2) is 0 Å². The standard InChI is InChI=1S/C11H5FN2O7/c12-4-1-2-6(14(19)20)5(3-4)9-13-7(10(15)16)8(21-9)11(17)18/h1-3H,(H,15,16)(H,17,18). The van der Waals surface area contributed by atoms with Crippen LogP contribution in [0.25, 0.3) is 11.5 Å². The van der Waals surface area contributed by atoms with Gasteiger partial charge in [0.05, 0.1) is 4.92 Å². The molecule has 2 N–H and O–H groups in total. The highest BCUT2D eigenvalue weighted by atomic mass is 19.1. The molecule has 0 bridgehead atoms. The lowest BCUT2D eigenvalue weighted by Crippen LogP contribution is -2.05. The molecule has 21 heavy (non-hydrogen) atoms. The van der Waals surface area contributed by atoms with Crippen molar-refractivity contribution in [3.8, 4) is 11.5 Å². The van der Waals surface area contributed by atoms with Crippen LogP contribution in [0.3, 0.4) is 0 Å². The van der Waals surface area contributed by atoms with E-state index in [2.05, 4.69) is 4.98 Å². The Morgan fingerprint density at radius 1 is 1.29 bits per heavy atom. The number of nitro benzene ring substituents is 1. The van der Waals surface area contributed by atoms with Crippen molar-refractivity contribution in [2.45, 2.75) is 0 Å². The number of hydrogen-bond acceptors (Lipinski definition) is 6. The minimum atomic E-state index is -1.72. The first-order chi connectivity index (χ1) is 9.81. The molecule has 0 radical (unpaired) electrons. The summed E-state index contributed by atoms with van der Waals surface area (Å²) < 4.78 is 17.9. The van der Waals surface area contributed by atoms with Gasteiger partial charge in [-0.1, -0.05) is 0 Å². The summed E-state index contributed by atoms with van der Waals surface area (Å²) in [5.41, 5.74) is -2.00. The summed E-state index contributed by atoms with van der Waals surface area (Å²) in [6.07, 6.45) is 0. The lowest BCUT2D eigenvalue weighted by molar-refractivity contribution is -0.384. The second-order valence-corrected chi connectivity index (χ2v) is 3.73. The highest BCUT2D eigenvalue weighted by Crippen LogP contribution is 2.31. The van der Waals surface area contributed by atoms with Crippen molar-refractivity contribution < 1.29 is 33.5 Å². The second-order valence-electron chi connectivity index (χ2n) is 3.73. The number of rotatable bonds is 4. The summed E-state index contributed by atoms with van der Waals surface area (Å²) in [5, 5.41) is 28.5. The number of halogens is 1. The third-order valence-corrected chi connectivity index (χ3v) is 2.41. The fourth-order valence-electron chi connectivity index (χ4n) is 1.56. The molecule has 0 spiro atoms. The van der Waals surface area contributed by atoms with Gasteiger partial charge in [-0.05, 0) is 12.1 Å². The molecule has 9 nitrogen and oxygen atoms in total. The van der Waals surface area contributed by atoms with Gasteiger partial charge < -0.3 is 14.6 Å². The van der Waals surface area contributed by atoms with Crippen LogP contribution in [0.1, 0.15) is 21.0 Å². The average Bonchev–Trinajstić information content (AvgIpc) is 2.83. The maximum Gasteiger partial charge on any atom is 0.374 e. The van der Waals surface area contributed by atoms with Crippen LogP contribution in [0.5, 0.6) is 0 Å². The van der Waals surface area contributed by atoms with Gasteiger partial charge in [-0.3, -0.25) is 10.1 Å². The highest BCUT2D eigenvalue weighted by molar-refractivity contribution is 5.98. The molecule has 0 unspecified atom stereocenters. The molecule has 0 saturated heterocycles. The first-order valence-corrected chi connectivity index (χ1v) is 5.23. The molecule has 0 aliphatic rings. The lowest BCUT2D eigenvalue weighted by atomic mass is 10.2. The minimum absolute atomic E-state index is 0.463. The molecule has 0 aliphatic carbocycles. The average molecular weight is 296 g/mol. The number of carboxylic acid groups (broad SMARTS) is 2. The molecule has 1 heterocycles. The van der Waals surface area contributed by atoms with Gasteiger partial charge in [-0.25, -0.2) is 19.0 Å². The molecular formula is C11H5FN2O7. The van der Waals surface area contributed by atoms with Gasteiger partial charge >= 0.3 is 11.9 Å². The summed E-state index contributed by atoms with van der Waals surface area (Å²) in [6.45, 7) is 0. The summed E-state index contributed by atoms with van der Waals surface area (Å²) in [6, 6.07) is 2.35. The zero-order valence-corrected chi connectivity index (χ0v) is 9.94. The Hall–Kier alpha value is -3.30. The van der Waals surface area contributed by atoms with Gasteiger partial charge in [0.25, 0.3) is 5.69 Å². The van der Waals surface area contributed by atoms with Crippen LogP contribution >= 0.6 is 0 Å². The molecule has 0 atom stereocenters. The van der Waals surface area contributed by atoms with Crippen molar-refractivity contribution in [2.24, 2.45) is 0 Å². The van der Waals surface area contributed by atoms with Gasteiger partial charge in [-0.2, -0.15) is 0 Å². The number of carboxylic acids is 2. The van der Waals surface area contributed by atoms with Crippen LogP contribution in [0.15, 0.2) is 22.6 Å². The predicted octanol–water partition coefficient (Wildman–Crippen LogP) is 1.79. The molecule has 1 aromatic heterocycles. The van der Waals surface area contributed by atoms with E-state index in [0.29, 0.717) is 6.07 Å². The smallest absolute Gasteiger partial charge is 0.374 e. The number of aromatic carboxylic acids is 2. The number of benzene rings is 1. The van der Waals surface area contributed by atoms with Crippen LogP contribution in [0.4, 0.5) is 10.1 Å². The molecule has 1 aromatic carbocycles. The van der Waals surface area contributed by atoms with Gasteiger partial charge in [0.2, 0.25) is 17.3 Å². The van der Waals surface area contributed by atoms with E-state index >= 15 is 0 Å². The third-order valence-electron chi connectivity index (χ3n) is 2.41. The zero-order valence-electron chi connectivity index (χ0n) is 9.94. The fourth-order valence-corrected chi connectivity index (χ4v) is 1.56. The predicted molar refractivity (Wildman–Crippen MR) is 62.5 cm³/mol. The number of nitro groups is 1. The minimum Gasteiger partial charge on any atom is -0.476 e. The monoisotopic (exact) mass is 296 g/mol. The van der Waals surface area contributed by atoms with E-state index < -0.39 is 51.3 Å². The number of hydrogen-bond donors (Lipinski definition) is 2. The maximum atomic E-state index is 13.2. The molecule has 0 fully saturated rings. The Bertz CT molecular complexity index is 736. The van der Waals surface area contributed by atoms with Crippen molar-refractivity contribution in [3.05, 3.63) is 45.6 Å². The zero-order chi connectivity index (χ0) is 15.7. The molecule has 0 amide bonds. The van der Waals surface area contributed by atoms with E-state index in [1.165, 1.54) is 0 Å². The molecule has 2 rings (SSSR count). The Morgan fingerprint density at radius 2 is 1.95 bits per heavy atom. The van der Waals surface area contributed by atoms with Gasteiger partial charge in [0.1, 0.15) is 11.4 Å². The summed E-state index contributed by atoms with van der Waals surface area (Å²) >= 11 is 0. The van der Waals surface area contributed by atoms with Crippen molar-refractivity contribution in [1.82, 2.24) is 4.98 Å². The maximum absolute atomic E-state index is 13.2. The largest absolute Gasteiger partial charge is 0.476 e. The van der Waals surface area contributed by atoms with Crippen molar-refractivity contribution >= 4 is 17.6 Å². The van der Waals surface area contributed by atoms with E-state index in [-0.39, 0.29) is 0 Å². The Labute approximate surface area is 114 Å². The first-order valence-electron chi connectivity index (χ1n) is 5.23. The summed E-state index contributed by atoms with van der Waals surface area (Å²) in [4.78, 5) is 35.1. The van der Waals surface area contributed by atoms with Crippen LogP contribution in [-0.2, 0) is 0 Å². The SMILES string of the molecule is O=C(O)c1nc(-c2cc(F)ccc2[N+](=O)[O-])oc1C(=O)O. The number of nitrogens with zero attached hydrogens (tertiary/aromatic N) is 2. The van der Waals surface area contributed by atoms with Gasteiger partial charge in [-0.15, -0.1) is 0 Å². The van der Waals surface area contributed by atoms with Crippen molar-refractivity contribution in [3.63, 3.8) is 0 Å². The normalized spacial score (nSPS) is 10.3. The third kappa shape index (κ3) is 2.54. The van der Waals surface area contributed by atoms with E-state index in [4.69, 9.17) is 14.6 Å². The van der Waals surface area contributed by atoms with Crippen LogP contribution < -0.4 is 0 Å². The topological polar surface area (TPSA) is 144 Å². The van der Waals surface area contributed by atoms with Crippen LogP contribution in [0, 0.1) is 15.9 Å². The van der Waals surface area contributed by atoms with Crippen LogP contribution in [-0.4, -0.2) is 32.1 Å². The quantitative estimate of drug-likeness (QED) is 0.641.